The van der Waals surface area contributed by atoms with Crippen LogP contribution in [0.2, 0.25) is 0 Å². The van der Waals surface area contributed by atoms with E-state index in [4.69, 9.17) is 9.47 Å². The first-order valence-electron chi connectivity index (χ1n) is 12.0. The van der Waals surface area contributed by atoms with Gasteiger partial charge in [0.2, 0.25) is 5.91 Å². The Morgan fingerprint density at radius 1 is 1.08 bits per heavy atom. The van der Waals surface area contributed by atoms with Crippen LogP contribution in [-0.4, -0.2) is 41.4 Å². The second-order valence-electron chi connectivity index (χ2n) is 8.24. The molecule has 0 aliphatic carbocycles. The number of thioether (sulfide) groups is 2. The molecule has 1 aliphatic rings. The molecule has 0 atom stereocenters. The zero-order valence-corrected chi connectivity index (χ0v) is 22.9. The van der Waals surface area contributed by atoms with E-state index in [1.165, 1.54) is 0 Å². The molecular weight excluding hydrogens is 534 g/mol. The van der Waals surface area contributed by atoms with Gasteiger partial charge in [0, 0.05) is 16.1 Å². The predicted molar refractivity (Wildman–Crippen MR) is 153 cm³/mol. The molecule has 1 aliphatic heterocycles. The van der Waals surface area contributed by atoms with Crippen LogP contribution in [0.5, 0.6) is 11.5 Å². The summed E-state index contributed by atoms with van der Waals surface area (Å²) in [6, 6.07) is 21.8. The third kappa shape index (κ3) is 7.02. The van der Waals surface area contributed by atoms with Crippen molar-refractivity contribution in [2.75, 3.05) is 24.7 Å². The number of carbonyl (C=O) groups is 3. The van der Waals surface area contributed by atoms with E-state index in [-0.39, 0.29) is 18.1 Å². The summed E-state index contributed by atoms with van der Waals surface area (Å²) in [6.45, 7) is 2.04. The molecule has 0 radical (unpaired) electrons. The Morgan fingerprint density at radius 3 is 2.67 bits per heavy atom. The SMILES string of the molecule is CCOc1cc(/C=C2/SC(=O)N(CC(=O)Nc3cccc(SC)c3)C2=O)ccc1OCc1ccccc1C#N. The number of nitrogens with zero attached hydrogens (tertiary/aromatic N) is 2. The van der Waals surface area contributed by atoms with Crippen LogP contribution in [0.15, 0.2) is 76.5 Å². The summed E-state index contributed by atoms with van der Waals surface area (Å²) in [5.41, 5.74) is 2.51. The molecule has 1 saturated heterocycles. The quantitative estimate of drug-likeness (QED) is 0.240. The number of carbonyl (C=O) groups excluding carboxylic acids is 3. The highest BCUT2D eigenvalue weighted by Crippen LogP contribution is 2.35. The van der Waals surface area contributed by atoms with Gasteiger partial charge in [-0.3, -0.25) is 19.3 Å². The number of hydrogen-bond acceptors (Lipinski definition) is 8. The lowest BCUT2D eigenvalue weighted by Crippen LogP contribution is -2.36. The summed E-state index contributed by atoms with van der Waals surface area (Å²) in [7, 11) is 0. The van der Waals surface area contributed by atoms with Crippen LogP contribution in [0, 0.1) is 11.3 Å². The molecular formula is C29H25N3O5S2. The zero-order chi connectivity index (χ0) is 27.8. The van der Waals surface area contributed by atoms with Crippen molar-refractivity contribution in [3.8, 4) is 17.6 Å². The van der Waals surface area contributed by atoms with Gasteiger partial charge >= 0.3 is 0 Å². The number of hydrogen-bond donors (Lipinski definition) is 1. The van der Waals surface area contributed by atoms with E-state index in [0.717, 1.165) is 27.1 Å². The molecule has 3 amide bonds. The fraction of sp³-hybridized carbons (Fsp3) is 0.172. The lowest BCUT2D eigenvalue weighted by Gasteiger charge is -2.14. The number of amides is 3. The first kappa shape index (κ1) is 27.8. The Hall–Kier alpha value is -4.20. The van der Waals surface area contributed by atoms with Gasteiger partial charge in [-0.15, -0.1) is 11.8 Å². The van der Waals surface area contributed by atoms with E-state index in [1.807, 2.05) is 43.5 Å². The average molecular weight is 560 g/mol. The Bertz CT molecular complexity index is 1480. The zero-order valence-electron chi connectivity index (χ0n) is 21.3. The largest absolute Gasteiger partial charge is 0.490 e. The summed E-state index contributed by atoms with van der Waals surface area (Å²) in [5, 5.41) is 11.5. The van der Waals surface area contributed by atoms with E-state index < -0.39 is 17.1 Å². The Morgan fingerprint density at radius 2 is 1.90 bits per heavy atom. The topological polar surface area (TPSA) is 109 Å². The van der Waals surface area contributed by atoms with Crippen LogP contribution in [0.25, 0.3) is 6.08 Å². The van der Waals surface area contributed by atoms with Gasteiger partial charge in [-0.2, -0.15) is 5.26 Å². The molecule has 0 spiro atoms. The van der Waals surface area contributed by atoms with Crippen molar-refractivity contribution >= 4 is 52.3 Å². The maximum atomic E-state index is 13.0. The number of benzene rings is 3. The van der Waals surface area contributed by atoms with Gasteiger partial charge in [-0.05, 0) is 73.0 Å². The Balaban J connectivity index is 1.45. The van der Waals surface area contributed by atoms with Gasteiger partial charge < -0.3 is 14.8 Å². The van der Waals surface area contributed by atoms with Crippen LogP contribution in [0.4, 0.5) is 10.5 Å². The first-order valence-corrected chi connectivity index (χ1v) is 14.0. The third-order valence-corrected chi connectivity index (χ3v) is 7.25. The third-order valence-electron chi connectivity index (χ3n) is 5.62. The summed E-state index contributed by atoms with van der Waals surface area (Å²) >= 11 is 2.32. The van der Waals surface area contributed by atoms with E-state index in [1.54, 1.807) is 54.2 Å². The summed E-state index contributed by atoms with van der Waals surface area (Å²) in [5.74, 6) is -0.0526. The van der Waals surface area contributed by atoms with E-state index in [9.17, 15) is 19.6 Å². The van der Waals surface area contributed by atoms with E-state index >= 15 is 0 Å². The number of anilines is 1. The number of nitrogens with one attached hydrogen (secondary N) is 1. The Labute approximate surface area is 235 Å². The number of nitriles is 1. The van der Waals surface area contributed by atoms with Crippen molar-refractivity contribution in [3.63, 3.8) is 0 Å². The normalized spacial score (nSPS) is 13.9. The van der Waals surface area contributed by atoms with E-state index in [2.05, 4.69) is 11.4 Å². The smallest absolute Gasteiger partial charge is 0.294 e. The van der Waals surface area contributed by atoms with Crippen molar-refractivity contribution in [1.29, 1.82) is 5.26 Å². The second kappa shape index (κ2) is 13.0. The highest BCUT2D eigenvalue weighted by molar-refractivity contribution is 8.18. The lowest BCUT2D eigenvalue weighted by atomic mass is 10.1. The Kier molecular flexibility index (Phi) is 9.31. The van der Waals surface area contributed by atoms with Crippen LogP contribution in [0.1, 0.15) is 23.6 Å². The molecule has 1 fully saturated rings. The van der Waals surface area contributed by atoms with Gasteiger partial charge in [0.1, 0.15) is 13.2 Å². The van der Waals surface area contributed by atoms with E-state index in [0.29, 0.717) is 34.9 Å². The van der Waals surface area contributed by atoms with Gasteiger partial charge in [0.25, 0.3) is 11.1 Å². The standard InChI is InChI=1S/C29H25N3O5S2/c1-3-36-25-13-19(11-12-24(25)37-18-21-8-5-4-7-20(21)16-30)14-26-28(34)32(29(35)39-26)17-27(33)31-22-9-6-10-23(15-22)38-2/h4-15H,3,17-18H2,1-2H3,(H,31,33)/b26-14+. The molecule has 39 heavy (non-hydrogen) atoms. The lowest BCUT2D eigenvalue weighted by molar-refractivity contribution is -0.127. The van der Waals surface area contributed by atoms with Crippen molar-refractivity contribution in [3.05, 3.63) is 88.3 Å². The molecule has 10 heteroatoms. The van der Waals surface area contributed by atoms with Crippen LogP contribution in [-0.2, 0) is 16.2 Å². The summed E-state index contributed by atoms with van der Waals surface area (Å²) in [4.78, 5) is 40.2. The number of imide groups is 1. The van der Waals surface area contributed by atoms with Crippen molar-refractivity contribution in [2.45, 2.75) is 18.4 Å². The van der Waals surface area contributed by atoms with Gasteiger partial charge in [-0.1, -0.05) is 30.3 Å². The summed E-state index contributed by atoms with van der Waals surface area (Å²) < 4.78 is 11.7. The summed E-state index contributed by atoms with van der Waals surface area (Å²) in [6.07, 6.45) is 3.52. The number of rotatable bonds is 10. The predicted octanol–water partition coefficient (Wildman–Crippen LogP) is 5.93. The van der Waals surface area contributed by atoms with Gasteiger partial charge in [-0.25, -0.2) is 0 Å². The molecule has 3 aromatic carbocycles. The molecule has 1 heterocycles. The fourth-order valence-electron chi connectivity index (χ4n) is 3.75. The maximum absolute atomic E-state index is 13.0. The highest BCUT2D eigenvalue weighted by Gasteiger charge is 2.36. The van der Waals surface area contributed by atoms with Crippen LogP contribution >= 0.6 is 23.5 Å². The molecule has 4 rings (SSSR count). The van der Waals surface area contributed by atoms with Gasteiger partial charge in [0.15, 0.2) is 11.5 Å². The molecule has 1 N–H and O–H groups in total. The number of ether oxygens (including phenoxy) is 2. The molecule has 0 aromatic heterocycles. The fourth-order valence-corrected chi connectivity index (χ4v) is 5.04. The molecule has 3 aromatic rings. The highest BCUT2D eigenvalue weighted by atomic mass is 32.2. The van der Waals surface area contributed by atoms with Crippen LogP contribution in [0.3, 0.4) is 0 Å². The molecule has 0 unspecified atom stereocenters. The molecule has 8 nitrogen and oxygen atoms in total. The monoisotopic (exact) mass is 559 g/mol. The minimum atomic E-state index is -0.538. The average Bonchev–Trinajstić information content (AvgIpc) is 3.20. The second-order valence-corrected chi connectivity index (χ2v) is 10.1. The van der Waals surface area contributed by atoms with Crippen molar-refractivity contribution in [1.82, 2.24) is 4.90 Å². The molecule has 198 valence electrons. The maximum Gasteiger partial charge on any atom is 0.294 e. The first-order chi connectivity index (χ1) is 18.9. The van der Waals surface area contributed by atoms with Crippen molar-refractivity contribution < 1.29 is 23.9 Å². The van der Waals surface area contributed by atoms with Crippen LogP contribution < -0.4 is 14.8 Å². The van der Waals surface area contributed by atoms with Gasteiger partial charge in [0.05, 0.1) is 23.1 Å². The minimum Gasteiger partial charge on any atom is -0.490 e. The minimum absolute atomic E-state index is 0.186. The van der Waals surface area contributed by atoms with Crippen molar-refractivity contribution in [2.24, 2.45) is 0 Å². The molecule has 0 bridgehead atoms. The molecule has 0 saturated carbocycles.